The summed E-state index contributed by atoms with van der Waals surface area (Å²) in [6.07, 6.45) is 3.01. The van der Waals surface area contributed by atoms with Gasteiger partial charge in [0.2, 0.25) is 12.1 Å². The van der Waals surface area contributed by atoms with E-state index in [2.05, 4.69) is 5.10 Å². The molecular weight excluding hydrogens is 329 g/mol. The second kappa shape index (κ2) is 7.38. The predicted octanol–water partition coefficient (Wildman–Crippen LogP) is 1.92. The number of carbonyl (C=O) groups is 2. The first kappa shape index (κ1) is 16.5. The van der Waals surface area contributed by atoms with Gasteiger partial charge in [-0.25, -0.2) is 9.36 Å². The lowest BCUT2D eigenvalue weighted by Crippen LogP contribution is -2.36. The van der Waals surface area contributed by atoms with Crippen molar-refractivity contribution in [1.82, 2.24) is 9.78 Å². The Labute approximate surface area is 137 Å². The van der Waals surface area contributed by atoms with E-state index in [1.807, 2.05) is 0 Å². The van der Waals surface area contributed by atoms with Crippen molar-refractivity contribution in [3.63, 3.8) is 0 Å². The number of rotatable bonds is 6. The van der Waals surface area contributed by atoms with E-state index < -0.39 is 0 Å². The van der Waals surface area contributed by atoms with Gasteiger partial charge in [-0.05, 0) is 25.1 Å². The van der Waals surface area contributed by atoms with Crippen molar-refractivity contribution in [1.29, 1.82) is 0 Å². The molecule has 6 nitrogen and oxygen atoms in total. The molecule has 0 saturated heterocycles. The lowest BCUT2D eigenvalue weighted by atomic mass is 10.1. The maximum absolute atomic E-state index is 12.2. The number of nitrogens with zero attached hydrogens (tertiary/aromatic N) is 3. The van der Waals surface area contributed by atoms with E-state index in [9.17, 15) is 9.59 Å². The quantitative estimate of drug-likeness (QED) is 0.457. The topological polar surface area (TPSA) is 65.1 Å². The zero-order valence-electron chi connectivity index (χ0n) is 11.8. The molecule has 2 aromatic rings. The highest BCUT2D eigenvalue weighted by Gasteiger charge is 2.17. The minimum Gasteiger partial charge on any atom is -0.464 e. The molecule has 0 aliphatic rings. The number of hydrogen-bond acceptors (Lipinski definition) is 4. The fourth-order valence-corrected chi connectivity index (χ4v) is 2.34. The first-order valence-corrected chi connectivity index (χ1v) is 7.30. The molecule has 0 radical (unpaired) electrons. The molecule has 0 fully saturated rings. The Hall–Kier alpha value is -1.92. The Kier molecular flexibility index (Phi) is 5.51. The largest absolute Gasteiger partial charge is 0.464 e. The molecule has 1 aromatic carbocycles. The summed E-state index contributed by atoms with van der Waals surface area (Å²) in [6, 6.07) is 4.69. The fourth-order valence-electron chi connectivity index (χ4n) is 1.83. The van der Waals surface area contributed by atoms with Gasteiger partial charge >= 0.3 is 5.97 Å². The van der Waals surface area contributed by atoms with Gasteiger partial charge < -0.3 is 4.74 Å². The molecule has 0 unspecified atom stereocenters. The molecule has 0 saturated carbocycles. The highest BCUT2D eigenvalue weighted by molar-refractivity contribution is 6.36. The monoisotopic (exact) mass is 342 g/mol. The van der Waals surface area contributed by atoms with E-state index >= 15 is 0 Å². The van der Waals surface area contributed by atoms with Gasteiger partial charge in [-0.2, -0.15) is 0 Å². The van der Waals surface area contributed by atoms with Crippen molar-refractivity contribution in [2.45, 2.75) is 20.0 Å². The third-order valence-corrected chi connectivity index (χ3v) is 3.33. The Morgan fingerprint density at radius 1 is 1.36 bits per heavy atom. The Morgan fingerprint density at radius 2 is 2.14 bits per heavy atom. The van der Waals surface area contributed by atoms with E-state index in [0.29, 0.717) is 22.2 Å². The van der Waals surface area contributed by atoms with Gasteiger partial charge in [-0.1, -0.05) is 23.2 Å². The summed E-state index contributed by atoms with van der Waals surface area (Å²) in [7, 11) is 0. The number of carbonyl (C=O) groups excluding carboxylic acids is 2. The first-order valence-electron chi connectivity index (χ1n) is 6.55. The molecule has 0 aliphatic heterocycles. The van der Waals surface area contributed by atoms with Crippen LogP contribution in [0, 0.1) is 0 Å². The van der Waals surface area contributed by atoms with Gasteiger partial charge in [0.15, 0.2) is 13.1 Å². The van der Waals surface area contributed by atoms with Gasteiger partial charge in [-0.15, -0.1) is 4.68 Å². The Morgan fingerprint density at radius 3 is 2.82 bits per heavy atom. The van der Waals surface area contributed by atoms with Crippen molar-refractivity contribution in [3.8, 4) is 0 Å². The van der Waals surface area contributed by atoms with Crippen LogP contribution in [0.3, 0.4) is 0 Å². The first-order chi connectivity index (χ1) is 10.5. The maximum Gasteiger partial charge on any atom is 0.340 e. The molecule has 116 valence electrons. The van der Waals surface area contributed by atoms with E-state index in [1.54, 1.807) is 25.4 Å². The average molecular weight is 343 g/mol. The number of ketones is 1. The van der Waals surface area contributed by atoms with Crippen molar-refractivity contribution < 1.29 is 18.9 Å². The Bertz CT molecular complexity index is 700. The summed E-state index contributed by atoms with van der Waals surface area (Å²) in [6.45, 7) is 2.11. The summed E-state index contributed by atoms with van der Waals surface area (Å²) >= 11 is 11.8. The molecule has 2 rings (SSSR count). The van der Waals surface area contributed by atoms with Crippen LogP contribution in [0.1, 0.15) is 17.3 Å². The van der Waals surface area contributed by atoms with Gasteiger partial charge in [0.1, 0.15) is 0 Å². The number of halogens is 2. The molecule has 0 aliphatic carbocycles. The molecule has 8 heteroatoms. The van der Waals surface area contributed by atoms with Crippen LogP contribution < -0.4 is 4.57 Å². The van der Waals surface area contributed by atoms with Crippen LogP contribution in [-0.4, -0.2) is 28.1 Å². The smallest absolute Gasteiger partial charge is 0.340 e. The minimum atomic E-state index is -0.362. The molecule has 0 atom stereocenters. The van der Waals surface area contributed by atoms with E-state index in [1.165, 1.54) is 21.6 Å². The zero-order valence-corrected chi connectivity index (χ0v) is 13.3. The van der Waals surface area contributed by atoms with Crippen molar-refractivity contribution in [2.75, 3.05) is 6.61 Å². The van der Waals surface area contributed by atoms with E-state index in [0.717, 1.165) is 0 Å². The molecule has 0 spiro atoms. The lowest BCUT2D eigenvalue weighted by molar-refractivity contribution is -0.686. The van der Waals surface area contributed by atoms with Crippen LogP contribution in [0.5, 0.6) is 0 Å². The highest BCUT2D eigenvalue weighted by atomic mass is 35.5. The summed E-state index contributed by atoms with van der Waals surface area (Å²) < 4.78 is 7.80. The molecule has 1 heterocycles. The minimum absolute atomic E-state index is 0.0111. The third-order valence-electron chi connectivity index (χ3n) is 2.78. The summed E-state index contributed by atoms with van der Waals surface area (Å²) in [5.74, 6) is -0.563. The third kappa shape index (κ3) is 4.29. The number of aromatic nitrogens is 3. The van der Waals surface area contributed by atoms with Crippen LogP contribution in [0.25, 0.3) is 0 Å². The summed E-state index contributed by atoms with van der Waals surface area (Å²) in [5.41, 5.74) is 0.374. The Balaban J connectivity index is 2.03. The van der Waals surface area contributed by atoms with Crippen molar-refractivity contribution in [2.24, 2.45) is 0 Å². The lowest BCUT2D eigenvalue weighted by Gasteiger charge is -2.01. The number of hydrogen-bond donors (Lipinski definition) is 0. The second-order valence-electron chi connectivity index (χ2n) is 4.47. The molecular formula is C14H14Cl2N3O3+. The van der Waals surface area contributed by atoms with Crippen LogP contribution in [0.2, 0.25) is 10.0 Å². The summed E-state index contributed by atoms with van der Waals surface area (Å²) in [4.78, 5) is 23.6. The number of benzene rings is 1. The van der Waals surface area contributed by atoms with Crippen molar-refractivity contribution >= 4 is 35.0 Å². The fraction of sp³-hybridized carbons (Fsp3) is 0.286. The standard InChI is InChI=1S/C14H14Cl2N3O3/c1-2-22-14(21)7-18-8-17-19(9-18)6-13(20)11-4-3-10(15)5-12(11)16/h3-5,8-9H,2,6-7H2,1H3/q+1. The van der Waals surface area contributed by atoms with E-state index in [-0.39, 0.29) is 24.8 Å². The number of esters is 1. The van der Waals surface area contributed by atoms with Gasteiger partial charge in [0, 0.05) is 15.7 Å². The van der Waals surface area contributed by atoms with Gasteiger partial charge in [-0.3, -0.25) is 4.79 Å². The molecule has 22 heavy (non-hydrogen) atoms. The van der Waals surface area contributed by atoms with Gasteiger partial charge in [0.05, 0.1) is 11.6 Å². The highest BCUT2D eigenvalue weighted by Crippen LogP contribution is 2.21. The molecule has 0 bridgehead atoms. The number of Topliss-reactive ketones (excluding diaryl/α,β-unsaturated/α-hetero) is 1. The van der Waals surface area contributed by atoms with Crippen LogP contribution in [-0.2, 0) is 22.6 Å². The number of ether oxygens (including phenoxy) is 1. The van der Waals surface area contributed by atoms with Gasteiger partial charge in [0.25, 0.3) is 6.33 Å². The van der Waals surface area contributed by atoms with E-state index in [4.69, 9.17) is 27.9 Å². The zero-order chi connectivity index (χ0) is 16.1. The van der Waals surface area contributed by atoms with Crippen LogP contribution >= 0.6 is 23.2 Å². The normalized spacial score (nSPS) is 10.5. The van der Waals surface area contributed by atoms with Crippen molar-refractivity contribution in [3.05, 3.63) is 46.5 Å². The SMILES string of the molecule is CCOC(=O)C[n+]1cnn(CC(=O)c2ccc(Cl)cc2Cl)c1. The van der Waals surface area contributed by atoms with Crippen LogP contribution in [0.4, 0.5) is 0 Å². The average Bonchev–Trinajstić information content (AvgIpc) is 2.85. The summed E-state index contributed by atoms with van der Waals surface area (Å²) in [5, 5.41) is 4.79. The molecule has 1 aromatic heterocycles. The second-order valence-corrected chi connectivity index (χ2v) is 5.31. The predicted molar refractivity (Wildman–Crippen MR) is 79.8 cm³/mol. The molecule has 0 amide bonds. The van der Waals surface area contributed by atoms with Crippen LogP contribution in [0.15, 0.2) is 30.9 Å². The molecule has 0 N–H and O–H groups in total. The maximum atomic E-state index is 12.2.